The van der Waals surface area contributed by atoms with Gasteiger partial charge in [0.15, 0.2) is 0 Å². The van der Waals surface area contributed by atoms with Crippen molar-refractivity contribution < 1.29 is 9.50 Å². The fourth-order valence-corrected chi connectivity index (χ4v) is 1.88. The maximum absolute atomic E-state index is 13.0. The van der Waals surface area contributed by atoms with Gasteiger partial charge < -0.3 is 15.8 Å². The minimum absolute atomic E-state index is 0.143. The summed E-state index contributed by atoms with van der Waals surface area (Å²) in [4.78, 5) is 7.24. The van der Waals surface area contributed by atoms with Crippen LogP contribution in [-0.2, 0) is 0 Å². The number of benzene rings is 1. The number of halogens is 1. The van der Waals surface area contributed by atoms with Gasteiger partial charge in [-0.15, -0.1) is 0 Å². The number of aliphatic hydroxyl groups excluding tert-OH is 1. The van der Waals surface area contributed by atoms with Gasteiger partial charge in [-0.2, -0.15) is 0 Å². The molecule has 0 amide bonds. The number of nitrogens with one attached hydrogen (secondary N) is 1. The number of imidazole rings is 2. The fourth-order valence-electron chi connectivity index (χ4n) is 1.88. The Labute approximate surface area is 95.7 Å². The molecule has 1 unspecified atom stereocenters. The molecule has 0 bridgehead atoms. The molecule has 0 fully saturated rings. The van der Waals surface area contributed by atoms with Crippen molar-refractivity contribution in [2.24, 2.45) is 5.73 Å². The molecule has 0 radical (unpaired) electrons. The van der Waals surface area contributed by atoms with E-state index in [9.17, 15) is 4.39 Å². The van der Waals surface area contributed by atoms with E-state index in [2.05, 4.69) is 9.97 Å². The van der Waals surface area contributed by atoms with Crippen LogP contribution in [0.3, 0.4) is 0 Å². The van der Waals surface area contributed by atoms with Gasteiger partial charge in [0, 0.05) is 12.3 Å². The van der Waals surface area contributed by atoms with Crippen molar-refractivity contribution in [1.29, 1.82) is 0 Å². The second-order valence-corrected chi connectivity index (χ2v) is 3.94. The highest BCUT2D eigenvalue weighted by Crippen LogP contribution is 2.19. The first kappa shape index (κ1) is 10.2. The first-order valence-corrected chi connectivity index (χ1v) is 5.21. The van der Waals surface area contributed by atoms with Crippen molar-refractivity contribution >= 4 is 16.8 Å². The van der Waals surface area contributed by atoms with Crippen molar-refractivity contribution in [2.45, 2.75) is 6.04 Å². The number of rotatable bonds is 2. The average molecular weight is 234 g/mol. The van der Waals surface area contributed by atoms with E-state index in [-0.39, 0.29) is 12.4 Å². The lowest BCUT2D eigenvalue weighted by molar-refractivity contribution is 0.266. The van der Waals surface area contributed by atoms with Gasteiger partial charge in [-0.25, -0.2) is 9.37 Å². The highest BCUT2D eigenvalue weighted by atomic mass is 19.1. The summed E-state index contributed by atoms with van der Waals surface area (Å²) in [5.74, 6) is 0.273. The molecule has 2 aromatic heterocycles. The van der Waals surface area contributed by atoms with Gasteiger partial charge in [-0.05, 0) is 12.1 Å². The van der Waals surface area contributed by atoms with E-state index in [4.69, 9.17) is 10.8 Å². The number of fused-ring (bicyclic) bond motifs is 3. The largest absolute Gasteiger partial charge is 0.394 e. The van der Waals surface area contributed by atoms with Crippen LogP contribution in [0.4, 0.5) is 4.39 Å². The number of aliphatic hydroxyl groups is 1. The van der Waals surface area contributed by atoms with E-state index in [1.807, 2.05) is 0 Å². The van der Waals surface area contributed by atoms with Gasteiger partial charge in [0.05, 0.1) is 29.4 Å². The number of H-pyrrole nitrogens is 1. The second-order valence-electron chi connectivity index (χ2n) is 3.94. The monoisotopic (exact) mass is 234 g/mol. The van der Waals surface area contributed by atoms with Gasteiger partial charge >= 0.3 is 0 Å². The molecule has 5 nitrogen and oxygen atoms in total. The maximum atomic E-state index is 13.0. The third-order valence-electron chi connectivity index (χ3n) is 2.77. The Morgan fingerprint density at radius 1 is 1.53 bits per heavy atom. The molecule has 1 aromatic carbocycles. The van der Waals surface area contributed by atoms with E-state index < -0.39 is 6.04 Å². The van der Waals surface area contributed by atoms with Gasteiger partial charge in [0.25, 0.3) is 0 Å². The van der Waals surface area contributed by atoms with E-state index in [1.54, 1.807) is 16.7 Å². The topological polar surface area (TPSA) is 79.3 Å². The molecule has 0 aliphatic carbocycles. The minimum atomic E-state index is -0.466. The summed E-state index contributed by atoms with van der Waals surface area (Å²) in [6.07, 6.45) is 1.77. The maximum Gasteiger partial charge on any atom is 0.212 e. The zero-order chi connectivity index (χ0) is 12.0. The molecule has 6 heteroatoms. The lowest BCUT2D eigenvalue weighted by Gasteiger charge is -2.02. The Morgan fingerprint density at radius 2 is 2.35 bits per heavy atom. The van der Waals surface area contributed by atoms with Crippen LogP contribution >= 0.6 is 0 Å². The fraction of sp³-hybridized carbons (Fsp3) is 0.182. The zero-order valence-corrected chi connectivity index (χ0v) is 8.89. The molecule has 2 heterocycles. The number of aromatic nitrogens is 3. The van der Waals surface area contributed by atoms with Gasteiger partial charge in [-0.3, -0.25) is 4.40 Å². The second kappa shape index (κ2) is 3.54. The number of hydrogen-bond donors (Lipinski definition) is 3. The number of aromatic amines is 1. The summed E-state index contributed by atoms with van der Waals surface area (Å²) in [6.45, 7) is -0.143. The normalized spacial score (nSPS) is 13.6. The molecule has 17 heavy (non-hydrogen) atoms. The number of nitrogens with zero attached hydrogens (tertiary/aromatic N) is 2. The quantitative estimate of drug-likeness (QED) is 0.617. The highest BCUT2D eigenvalue weighted by molar-refractivity contribution is 5.79. The van der Waals surface area contributed by atoms with Crippen LogP contribution in [-0.4, -0.2) is 26.1 Å². The van der Waals surface area contributed by atoms with Gasteiger partial charge in [0.2, 0.25) is 5.78 Å². The summed E-state index contributed by atoms with van der Waals surface area (Å²) in [7, 11) is 0. The molecule has 0 saturated heterocycles. The third kappa shape index (κ3) is 1.49. The van der Waals surface area contributed by atoms with Gasteiger partial charge in [0.1, 0.15) is 5.82 Å². The van der Waals surface area contributed by atoms with Crippen molar-refractivity contribution in [3.63, 3.8) is 0 Å². The third-order valence-corrected chi connectivity index (χ3v) is 2.77. The van der Waals surface area contributed by atoms with Crippen LogP contribution in [0.5, 0.6) is 0 Å². The smallest absolute Gasteiger partial charge is 0.212 e. The average Bonchev–Trinajstić information content (AvgIpc) is 2.84. The molecule has 4 N–H and O–H groups in total. The van der Waals surface area contributed by atoms with Gasteiger partial charge in [-0.1, -0.05) is 0 Å². The van der Waals surface area contributed by atoms with Crippen LogP contribution in [0.15, 0.2) is 24.4 Å². The molecule has 1 atom stereocenters. The van der Waals surface area contributed by atoms with Crippen molar-refractivity contribution in [1.82, 2.24) is 14.4 Å². The molecule has 3 rings (SSSR count). The molecule has 0 aliphatic rings. The number of nitrogens with two attached hydrogens (primary N) is 1. The standard InChI is InChI=1S/C11H11FN4O/c12-6-1-2-10-8(3-6)14-11-15-9(4-16(10)11)7(13)5-17/h1-4,7,17H,5,13H2,(H,14,15). The summed E-state index contributed by atoms with van der Waals surface area (Å²) in [5.41, 5.74) is 7.78. The first-order valence-electron chi connectivity index (χ1n) is 5.21. The lowest BCUT2D eigenvalue weighted by Crippen LogP contribution is -2.14. The molecular formula is C11H11FN4O. The summed E-state index contributed by atoms with van der Waals surface area (Å²) in [5, 5.41) is 8.98. The van der Waals surface area contributed by atoms with Crippen LogP contribution in [0.1, 0.15) is 11.7 Å². The first-order chi connectivity index (χ1) is 8.19. The van der Waals surface area contributed by atoms with E-state index >= 15 is 0 Å². The molecule has 0 aliphatic heterocycles. The van der Waals surface area contributed by atoms with E-state index in [0.717, 1.165) is 5.52 Å². The van der Waals surface area contributed by atoms with Crippen molar-refractivity contribution in [3.05, 3.63) is 35.9 Å². The minimum Gasteiger partial charge on any atom is -0.394 e. The van der Waals surface area contributed by atoms with E-state index in [0.29, 0.717) is 17.0 Å². The summed E-state index contributed by atoms with van der Waals surface area (Å²) in [6, 6.07) is 3.95. The Kier molecular flexibility index (Phi) is 2.13. The van der Waals surface area contributed by atoms with Crippen LogP contribution in [0.2, 0.25) is 0 Å². The molecular weight excluding hydrogens is 223 g/mol. The Morgan fingerprint density at radius 3 is 3.12 bits per heavy atom. The molecule has 3 aromatic rings. The predicted molar refractivity (Wildman–Crippen MR) is 61.0 cm³/mol. The summed E-state index contributed by atoms with van der Waals surface area (Å²) < 4.78 is 14.8. The Bertz CT molecular complexity index is 687. The van der Waals surface area contributed by atoms with Crippen LogP contribution in [0, 0.1) is 5.82 Å². The highest BCUT2D eigenvalue weighted by Gasteiger charge is 2.12. The Hall–Kier alpha value is -1.92. The van der Waals surface area contributed by atoms with E-state index in [1.165, 1.54) is 12.1 Å². The van der Waals surface area contributed by atoms with Crippen molar-refractivity contribution in [2.75, 3.05) is 6.61 Å². The van der Waals surface area contributed by atoms with Crippen LogP contribution in [0.25, 0.3) is 16.8 Å². The number of hydrogen-bond acceptors (Lipinski definition) is 3. The zero-order valence-electron chi connectivity index (χ0n) is 8.89. The van der Waals surface area contributed by atoms with Crippen LogP contribution < -0.4 is 5.73 Å². The molecule has 88 valence electrons. The lowest BCUT2D eigenvalue weighted by atomic mass is 10.2. The molecule has 0 spiro atoms. The molecule has 0 saturated carbocycles. The summed E-state index contributed by atoms with van der Waals surface area (Å²) >= 11 is 0. The predicted octanol–water partition coefficient (Wildman–Crippen LogP) is 0.947. The SMILES string of the molecule is NC(CO)c1cn2c(nc3cc(F)ccc32)[nH]1. The Balaban J connectivity index is 2.24. The van der Waals surface area contributed by atoms with Crippen molar-refractivity contribution in [3.8, 4) is 0 Å².